The number of anilines is 1. The molecule has 0 saturated carbocycles. The molecule has 0 atom stereocenters. The van der Waals surface area contributed by atoms with E-state index in [1.54, 1.807) is 0 Å². The Morgan fingerprint density at radius 2 is 2.00 bits per heavy atom. The molecule has 60 valence electrons. The molecule has 0 saturated heterocycles. The van der Waals surface area contributed by atoms with Gasteiger partial charge in [0.25, 0.3) is 0 Å². The largest absolute Gasteiger partial charge is 0.396 e. The number of halogens is 3. The fourth-order valence-electron chi connectivity index (χ4n) is 0.755. The van der Waals surface area contributed by atoms with Crippen LogP contribution in [0.3, 0.4) is 0 Å². The van der Waals surface area contributed by atoms with Gasteiger partial charge < -0.3 is 5.73 Å². The van der Waals surface area contributed by atoms with E-state index < -0.39 is 5.82 Å². The molecule has 4 heteroatoms. The highest BCUT2D eigenvalue weighted by Crippen LogP contribution is 2.30. The van der Waals surface area contributed by atoms with Gasteiger partial charge in [-0.2, -0.15) is 0 Å². The van der Waals surface area contributed by atoms with Crippen LogP contribution >= 0.6 is 23.2 Å². The molecule has 2 N–H and O–H groups in total. The Hall–Kier alpha value is -0.470. The van der Waals surface area contributed by atoms with Crippen molar-refractivity contribution in [2.45, 2.75) is 6.92 Å². The van der Waals surface area contributed by atoms with E-state index in [9.17, 15) is 4.39 Å². The van der Waals surface area contributed by atoms with E-state index in [4.69, 9.17) is 28.9 Å². The molecule has 0 bridgehead atoms. The van der Waals surface area contributed by atoms with Crippen molar-refractivity contribution in [1.29, 1.82) is 0 Å². The van der Waals surface area contributed by atoms with E-state index >= 15 is 0 Å². The van der Waals surface area contributed by atoms with Crippen LogP contribution in [0.4, 0.5) is 10.1 Å². The van der Waals surface area contributed by atoms with Crippen LogP contribution in [0.25, 0.3) is 0 Å². The number of rotatable bonds is 0. The number of nitrogens with two attached hydrogens (primary N) is 1. The molecule has 1 aromatic carbocycles. The molecule has 0 radical (unpaired) electrons. The van der Waals surface area contributed by atoms with E-state index in [0.717, 1.165) is 0 Å². The lowest BCUT2D eigenvalue weighted by molar-refractivity contribution is 0.623. The molecule has 0 aromatic heterocycles. The summed E-state index contributed by atoms with van der Waals surface area (Å²) >= 11 is 11.2. The molecule has 1 aromatic rings. The first-order valence-electron chi connectivity index (χ1n) is 2.93. The lowest BCUT2D eigenvalue weighted by Gasteiger charge is -2.04. The zero-order valence-electron chi connectivity index (χ0n) is 5.79. The van der Waals surface area contributed by atoms with Gasteiger partial charge in [0.15, 0.2) is 5.82 Å². The summed E-state index contributed by atoms with van der Waals surface area (Å²) < 4.78 is 12.9. The average Bonchev–Trinajstić information content (AvgIpc) is 1.97. The zero-order chi connectivity index (χ0) is 8.59. The smallest absolute Gasteiger partial charge is 0.150 e. The summed E-state index contributed by atoms with van der Waals surface area (Å²) in [5.41, 5.74) is 5.59. The van der Waals surface area contributed by atoms with Crippen molar-refractivity contribution in [2.24, 2.45) is 0 Å². The highest BCUT2D eigenvalue weighted by atomic mass is 35.5. The highest BCUT2D eigenvalue weighted by Gasteiger charge is 2.09. The number of hydrogen-bond donors (Lipinski definition) is 1. The maximum atomic E-state index is 12.9. The van der Waals surface area contributed by atoms with Crippen LogP contribution in [0.2, 0.25) is 10.0 Å². The number of hydrogen-bond acceptors (Lipinski definition) is 1. The van der Waals surface area contributed by atoms with Gasteiger partial charge in [0, 0.05) is 5.56 Å². The Kier molecular flexibility index (Phi) is 2.25. The van der Waals surface area contributed by atoms with Crippen molar-refractivity contribution in [3.8, 4) is 0 Å². The van der Waals surface area contributed by atoms with Crippen LogP contribution in [-0.4, -0.2) is 0 Å². The standard InChI is InChI=1S/C7H6Cl2FN/c1-3-6(9)4(8)2-5(11)7(3)10/h2H,11H2,1H3. The Labute approximate surface area is 73.9 Å². The third-order valence-corrected chi connectivity index (χ3v) is 2.29. The van der Waals surface area contributed by atoms with Crippen LogP contribution in [0.1, 0.15) is 5.56 Å². The van der Waals surface area contributed by atoms with Crippen LogP contribution in [0.5, 0.6) is 0 Å². The third-order valence-electron chi connectivity index (χ3n) is 1.40. The van der Waals surface area contributed by atoms with Crippen molar-refractivity contribution < 1.29 is 4.39 Å². The minimum absolute atomic E-state index is 0.0249. The third kappa shape index (κ3) is 1.42. The first-order valence-corrected chi connectivity index (χ1v) is 3.69. The Bertz CT molecular complexity index is 273. The molecule has 0 aliphatic heterocycles. The second kappa shape index (κ2) is 2.88. The van der Waals surface area contributed by atoms with Crippen molar-refractivity contribution in [1.82, 2.24) is 0 Å². The predicted octanol–water partition coefficient (Wildman–Crippen LogP) is 3.02. The minimum atomic E-state index is -0.501. The Morgan fingerprint density at radius 3 is 2.55 bits per heavy atom. The zero-order valence-corrected chi connectivity index (χ0v) is 7.30. The molecular weight excluding hydrogens is 188 g/mol. The molecule has 11 heavy (non-hydrogen) atoms. The topological polar surface area (TPSA) is 26.0 Å². The summed E-state index contributed by atoms with van der Waals surface area (Å²) in [5, 5.41) is 0.501. The van der Waals surface area contributed by atoms with Crippen molar-refractivity contribution in [2.75, 3.05) is 5.73 Å². The normalized spacial score (nSPS) is 10.2. The Balaban J connectivity index is 3.46. The molecule has 0 aliphatic rings. The van der Waals surface area contributed by atoms with Gasteiger partial charge in [0.2, 0.25) is 0 Å². The van der Waals surface area contributed by atoms with E-state index in [2.05, 4.69) is 0 Å². The molecule has 0 unspecified atom stereocenters. The maximum Gasteiger partial charge on any atom is 0.150 e. The summed E-state index contributed by atoms with van der Waals surface area (Å²) in [6.07, 6.45) is 0. The molecule has 1 rings (SSSR count). The lowest BCUT2D eigenvalue weighted by Crippen LogP contribution is -1.94. The Morgan fingerprint density at radius 1 is 1.45 bits per heavy atom. The second-order valence-corrected chi connectivity index (χ2v) is 2.99. The quantitative estimate of drug-likeness (QED) is 0.498. The van der Waals surface area contributed by atoms with Crippen molar-refractivity contribution >= 4 is 28.9 Å². The van der Waals surface area contributed by atoms with Gasteiger partial charge in [0.05, 0.1) is 15.7 Å². The van der Waals surface area contributed by atoms with Gasteiger partial charge >= 0.3 is 0 Å². The highest BCUT2D eigenvalue weighted by molar-refractivity contribution is 6.42. The van der Waals surface area contributed by atoms with Crippen LogP contribution in [-0.2, 0) is 0 Å². The van der Waals surface area contributed by atoms with E-state index in [0.29, 0.717) is 0 Å². The van der Waals surface area contributed by atoms with Crippen LogP contribution < -0.4 is 5.73 Å². The minimum Gasteiger partial charge on any atom is -0.396 e. The molecule has 0 heterocycles. The van der Waals surface area contributed by atoms with Gasteiger partial charge in [-0.3, -0.25) is 0 Å². The number of nitrogen functional groups attached to an aromatic ring is 1. The van der Waals surface area contributed by atoms with E-state index in [1.165, 1.54) is 13.0 Å². The molecule has 1 nitrogen and oxygen atoms in total. The SMILES string of the molecule is Cc1c(F)c(N)cc(Cl)c1Cl. The fraction of sp³-hybridized carbons (Fsp3) is 0.143. The molecule has 0 amide bonds. The fourth-order valence-corrected chi connectivity index (χ4v) is 1.15. The first-order chi connectivity index (χ1) is 5.04. The summed E-state index contributed by atoms with van der Waals surface area (Å²) in [6, 6.07) is 1.30. The van der Waals surface area contributed by atoms with Gasteiger partial charge in [-0.05, 0) is 13.0 Å². The first kappa shape index (κ1) is 8.62. The maximum absolute atomic E-state index is 12.9. The lowest BCUT2D eigenvalue weighted by atomic mass is 10.2. The summed E-state index contributed by atoms with van der Waals surface area (Å²) in [4.78, 5) is 0. The monoisotopic (exact) mass is 193 g/mol. The summed E-state index contributed by atoms with van der Waals surface area (Å²) in [7, 11) is 0. The van der Waals surface area contributed by atoms with Crippen molar-refractivity contribution in [3.63, 3.8) is 0 Å². The molecule has 0 fully saturated rings. The van der Waals surface area contributed by atoms with Crippen LogP contribution in [0.15, 0.2) is 6.07 Å². The summed E-state index contributed by atoms with van der Waals surface area (Å²) in [5.74, 6) is -0.501. The van der Waals surface area contributed by atoms with Gasteiger partial charge in [-0.15, -0.1) is 0 Å². The van der Waals surface area contributed by atoms with Gasteiger partial charge in [-0.1, -0.05) is 23.2 Å². The molecular formula is C7H6Cl2FN. The van der Waals surface area contributed by atoms with Gasteiger partial charge in [-0.25, -0.2) is 4.39 Å². The van der Waals surface area contributed by atoms with E-state index in [1.807, 2.05) is 0 Å². The predicted molar refractivity (Wildman–Crippen MR) is 45.6 cm³/mol. The van der Waals surface area contributed by atoms with Gasteiger partial charge in [0.1, 0.15) is 0 Å². The van der Waals surface area contributed by atoms with E-state index in [-0.39, 0.29) is 21.3 Å². The average molecular weight is 194 g/mol. The second-order valence-electron chi connectivity index (χ2n) is 2.20. The molecule has 0 spiro atoms. The van der Waals surface area contributed by atoms with Crippen LogP contribution in [0, 0.1) is 12.7 Å². The number of benzene rings is 1. The van der Waals surface area contributed by atoms with Crippen molar-refractivity contribution in [3.05, 3.63) is 27.5 Å². The summed E-state index contributed by atoms with van der Waals surface area (Å²) in [6.45, 7) is 1.53. The molecule has 0 aliphatic carbocycles.